The van der Waals surface area contributed by atoms with Crippen LogP contribution in [0.3, 0.4) is 0 Å². The van der Waals surface area contributed by atoms with Crippen molar-refractivity contribution in [3.63, 3.8) is 0 Å². The molecule has 2 aromatic rings. The van der Waals surface area contributed by atoms with Crippen molar-refractivity contribution >= 4 is 75.7 Å². The predicted molar refractivity (Wildman–Crippen MR) is 154 cm³/mol. The first-order chi connectivity index (χ1) is 19.3. The van der Waals surface area contributed by atoms with Crippen LogP contribution >= 0.6 is 46.4 Å². The summed E-state index contributed by atoms with van der Waals surface area (Å²) in [5.74, 6) is -5.77. The van der Waals surface area contributed by atoms with Crippen molar-refractivity contribution in [1.29, 1.82) is 0 Å². The number of anilines is 1. The van der Waals surface area contributed by atoms with Gasteiger partial charge >= 0.3 is 0 Å². The fourth-order valence-corrected chi connectivity index (χ4v) is 8.42. The lowest BCUT2D eigenvalue weighted by Gasteiger charge is -2.50. The van der Waals surface area contributed by atoms with Gasteiger partial charge in [-0.25, -0.2) is 4.90 Å². The predicted octanol–water partition coefficient (Wildman–Crippen LogP) is 5.21. The van der Waals surface area contributed by atoms with Gasteiger partial charge in [0.15, 0.2) is 21.2 Å². The van der Waals surface area contributed by atoms with Gasteiger partial charge in [0.05, 0.1) is 29.7 Å². The summed E-state index contributed by atoms with van der Waals surface area (Å²) in [6, 6.07) is 7.91. The molecule has 214 valence electrons. The molecule has 41 heavy (non-hydrogen) atoms. The van der Waals surface area contributed by atoms with Gasteiger partial charge in [-0.05, 0) is 61.1 Å². The number of likely N-dealkylation sites (tertiary alicyclic amines) is 1. The minimum absolute atomic E-state index is 0.0315. The molecule has 8 nitrogen and oxygen atoms in total. The van der Waals surface area contributed by atoms with E-state index in [4.69, 9.17) is 51.1 Å². The van der Waals surface area contributed by atoms with E-state index in [1.807, 2.05) is 13.0 Å². The van der Waals surface area contributed by atoms with E-state index >= 15 is 0 Å². The van der Waals surface area contributed by atoms with Gasteiger partial charge in [-0.3, -0.25) is 24.1 Å². The van der Waals surface area contributed by atoms with Crippen LogP contribution in [0.1, 0.15) is 29.9 Å². The van der Waals surface area contributed by atoms with Crippen LogP contribution in [0.4, 0.5) is 5.69 Å². The van der Waals surface area contributed by atoms with Gasteiger partial charge in [0.2, 0.25) is 11.8 Å². The number of halogens is 4. The number of methoxy groups -OCH3 is 1. The second-order valence-electron chi connectivity index (χ2n) is 11.0. The van der Waals surface area contributed by atoms with Crippen LogP contribution in [0.5, 0.6) is 11.5 Å². The Morgan fingerprint density at radius 2 is 1.68 bits per heavy atom. The molecule has 2 aliphatic carbocycles. The molecule has 0 bridgehead atoms. The molecule has 2 saturated heterocycles. The number of alkyl halides is 2. The lowest BCUT2D eigenvalue weighted by atomic mass is 9.56. The Labute approximate surface area is 255 Å². The van der Waals surface area contributed by atoms with Gasteiger partial charge in [0, 0.05) is 18.0 Å². The monoisotopic (exact) mass is 636 g/mol. The second kappa shape index (κ2) is 9.36. The summed E-state index contributed by atoms with van der Waals surface area (Å²) < 4.78 is 5.30. The number of allylic oxidation sites excluding steroid dienone is 2. The average Bonchev–Trinajstić information content (AvgIpc) is 3.26. The van der Waals surface area contributed by atoms with E-state index in [-0.39, 0.29) is 35.3 Å². The van der Waals surface area contributed by atoms with E-state index in [9.17, 15) is 24.3 Å². The van der Waals surface area contributed by atoms with Crippen molar-refractivity contribution in [2.45, 2.75) is 35.4 Å². The quantitative estimate of drug-likeness (QED) is 0.282. The molecule has 6 unspecified atom stereocenters. The summed E-state index contributed by atoms with van der Waals surface area (Å²) in [6.07, 6.45) is 1.88. The molecule has 1 saturated carbocycles. The van der Waals surface area contributed by atoms with Crippen molar-refractivity contribution in [2.75, 3.05) is 19.1 Å². The molecule has 2 aromatic carbocycles. The Morgan fingerprint density at radius 3 is 2.34 bits per heavy atom. The number of rotatable bonds is 3. The fourth-order valence-electron chi connectivity index (χ4n) is 7.01. The number of fused-ring (bicyclic) bond motifs is 4. The van der Waals surface area contributed by atoms with E-state index in [1.54, 1.807) is 18.2 Å². The Bertz CT molecular complexity index is 1610. The number of imide groups is 2. The van der Waals surface area contributed by atoms with E-state index in [0.717, 1.165) is 15.4 Å². The maximum Gasteiger partial charge on any atom is 0.253 e. The maximum absolute atomic E-state index is 14.1. The summed E-state index contributed by atoms with van der Waals surface area (Å²) >= 11 is 27.0. The van der Waals surface area contributed by atoms with Crippen LogP contribution < -0.4 is 9.64 Å². The highest BCUT2D eigenvalue weighted by Crippen LogP contribution is 2.65. The van der Waals surface area contributed by atoms with Crippen molar-refractivity contribution in [3.8, 4) is 11.5 Å². The van der Waals surface area contributed by atoms with Crippen LogP contribution in [0, 0.1) is 24.7 Å². The van der Waals surface area contributed by atoms with Crippen molar-refractivity contribution < 1.29 is 29.0 Å². The molecule has 0 radical (unpaired) electrons. The molecular formula is C29H24Cl4N2O6. The zero-order valence-corrected chi connectivity index (χ0v) is 25.1. The third kappa shape index (κ3) is 3.60. The second-order valence-corrected chi connectivity index (χ2v) is 13.1. The number of phenols is 1. The van der Waals surface area contributed by atoms with Gasteiger partial charge in [0.1, 0.15) is 0 Å². The SMILES string of the molecule is COc1cc(C2C3=CCC4C(=O)N(c5ccc(C)c(Cl)c5)C(=O)C4C3CC3(Cl)C(=O)N(C)C(=O)C23Cl)cc(Cl)c1O. The van der Waals surface area contributed by atoms with Gasteiger partial charge < -0.3 is 9.84 Å². The molecule has 6 atom stereocenters. The molecule has 4 aliphatic rings. The number of hydrogen-bond acceptors (Lipinski definition) is 6. The van der Waals surface area contributed by atoms with Gasteiger partial charge in [-0.1, -0.05) is 40.9 Å². The number of phenolic OH excluding ortho intramolecular Hbond substituents is 1. The highest BCUT2D eigenvalue weighted by atomic mass is 35.5. The Morgan fingerprint density at radius 1 is 0.976 bits per heavy atom. The van der Waals surface area contributed by atoms with Crippen LogP contribution in [0.2, 0.25) is 10.0 Å². The number of aryl methyl sites for hydroxylation is 1. The number of hydrogen-bond donors (Lipinski definition) is 1. The zero-order valence-electron chi connectivity index (χ0n) is 22.1. The Hall–Kier alpha value is -2.78. The summed E-state index contributed by atoms with van der Waals surface area (Å²) in [5.41, 5.74) is 2.12. The van der Waals surface area contributed by atoms with Crippen molar-refractivity contribution in [1.82, 2.24) is 4.90 Å². The van der Waals surface area contributed by atoms with Crippen molar-refractivity contribution in [2.24, 2.45) is 17.8 Å². The Balaban J connectivity index is 1.53. The Kier molecular flexibility index (Phi) is 6.47. The molecule has 12 heteroatoms. The molecule has 6 rings (SSSR count). The average molecular weight is 638 g/mol. The number of carbonyl (C=O) groups is 4. The smallest absolute Gasteiger partial charge is 0.253 e. The first kappa shape index (κ1) is 28.3. The zero-order chi connectivity index (χ0) is 29.8. The standard InChI is InChI=1S/C29H24Cl4N2O6/c1-12-4-5-14(10-18(12)30)35-24(37)16-7-6-15-17(21(16)25(35)38)11-28(32)26(39)34(2)27(40)29(28,33)22(15)13-8-19(31)23(36)20(9-13)41-3/h4-6,8-10,16-17,21-22,36H,7,11H2,1-3H3. The number of aromatic hydroxyl groups is 1. The fraction of sp³-hybridized carbons (Fsp3) is 0.379. The third-order valence-electron chi connectivity index (χ3n) is 9.03. The highest BCUT2D eigenvalue weighted by molar-refractivity contribution is 6.53. The molecule has 2 aliphatic heterocycles. The number of nitrogens with zero attached hydrogens (tertiary/aromatic N) is 2. The van der Waals surface area contributed by atoms with E-state index in [0.29, 0.717) is 21.8 Å². The molecule has 3 fully saturated rings. The maximum atomic E-state index is 14.1. The summed E-state index contributed by atoms with van der Waals surface area (Å²) in [6.45, 7) is 1.82. The minimum Gasteiger partial charge on any atom is -0.503 e. The highest BCUT2D eigenvalue weighted by Gasteiger charge is 2.76. The van der Waals surface area contributed by atoms with E-state index in [2.05, 4.69) is 0 Å². The van der Waals surface area contributed by atoms with E-state index < -0.39 is 51.1 Å². The van der Waals surface area contributed by atoms with Crippen LogP contribution in [0.25, 0.3) is 0 Å². The molecule has 2 heterocycles. The third-order valence-corrected chi connectivity index (χ3v) is 11.1. The normalized spacial score (nSPS) is 32.6. The molecule has 4 amide bonds. The van der Waals surface area contributed by atoms with E-state index in [1.165, 1.54) is 26.3 Å². The topological polar surface area (TPSA) is 104 Å². The number of benzene rings is 2. The van der Waals surface area contributed by atoms with Crippen LogP contribution in [-0.4, -0.2) is 57.5 Å². The number of carbonyl (C=O) groups excluding carboxylic acids is 4. The van der Waals surface area contributed by atoms with Crippen LogP contribution in [0.15, 0.2) is 42.0 Å². The minimum atomic E-state index is -1.98. The summed E-state index contributed by atoms with van der Waals surface area (Å²) in [4.78, 5) is 53.1. The van der Waals surface area contributed by atoms with Gasteiger partial charge in [-0.2, -0.15) is 0 Å². The lowest BCUT2D eigenvalue weighted by Crippen LogP contribution is -2.60. The molecule has 1 N–H and O–H groups in total. The molecular weight excluding hydrogens is 614 g/mol. The number of amides is 4. The summed E-state index contributed by atoms with van der Waals surface area (Å²) in [7, 11) is 2.66. The molecule has 0 aromatic heterocycles. The number of ether oxygens (including phenoxy) is 1. The van der Waals surface area contributed by atoms with Gasteiger partial charge in [-0.15, -0.1) is 23.2 Å². The first-order valence-electron chi connectivity index (χ1n) is 12.9. The summed E-state index contributed by atoms with van der Waals surface area (Å²) in [5, 5.41) is 10.8. The lowest BCUT2D eigenvalue weighted by molar-refractivity contribution is -0.138. The van der Waals surface area contributed by atoms with Crippen LogP contribution in [-0.2, 0) is 19.2 Å². The van der Waals surface area contributed by atoms with Crippen molar-refractivity contribution in [3.05, 3.63) is 63.2 Å². The largest absolute Gasteiger partial charge is 0.503 e. The van der Waals surface area contributed by atoms with Gasteiger partial charge in [0.25, 0.3) is 11.8 Å². The molecule has 0 spiro atoms. The first-order valence-corrected chi connectivity index (χ1v) is 14.4.